The SMILES string of the molecule is CCC(C(=O)NC(C)(C)C)N(Cc1ccccc1)C(=O)CCCOc1ccc(OC)cc1. The average Bonchev–Trinajstić information content (AvgIpc) is 2.76. The molecule has 0 aliphatic rings. The van der Waals surface area contributed by atoms with Gasteiger partial charge in [0, 0.05) is 18.5 Å². The Morgan fingerprint density at radius 2 is 1.62 bits per heavy atom. The molecule has 0 heterocycles. The molecule has 6 nitrogen and oxygen atoms in total. The number of methoxy groups -OCH3 is 1. The largest absolute Gasteiger partial charge is 0.497 e. The molecule has 32 heavy (non-hydrogen) atoms. The summed E-state index contributed by atoms with van der Waals surface area (Å²) in [5, 5.41) is 3.02. The van der Waals surface area contributed by atoms with Gasteiger partial charge in [0.05, 0.1) is 13.7 Å². The van der Waals surface area contributed by atoms with Crippen LogP contribution < -0.4 is 14.8 Å². The van der Waals surface area contributed by atoms with Gasteiger partial charge in [0.25, 0.3) is 0 Å². The third kappa shape index (κ3) is 8.25. The van der Waals surface area contributed by atoms with Crippen LogP contribution in [0.3, 0.4) is 0 Å². The molecule has 0 radical (unpaired) electrons. The highest BCUT2D eigenvalue weighted by Gasteiger charge is 2.30. The van der Waals surface area contributed by atoms with E-state index in [0.29, 0.717) is 32.4 Å². The minimum atomic E-state index is -0.524. The van der Waals surface area contributed by atoms with Crippen LogP contribution in [0.2, 0.25) is 0 Å². The van der Waals surface area contributed by atoms with Crippen LogP contribution in [0.1, 0.15) is 52.5 Å². The van der Waals surface area contributed by atoms with E-state index in [9.17, 15) is 9.59 Å². The maximum atomic E-state index is 13.2. The number of nitrogens with zero attached hydrogens (tertiary/aromatic N) is 1. The molecule has 0 spiro atoms. The third-order valence-electron chi connectivity index (χ3n) is 4.94. The summed E-state index contributed by atoms with van der Waals surface area (Å²) in [6.45, 7) is 8.58. The van der Waals surface area contributed by atoms with Crippen molar-refractivity contribution in [3.8, 4) is 11.5 Å². The van der Waals surface area contributed by atoms with Gasteiger partial charge in [-0.3, -0.25) is 9.59 Å². The van der Waals surface area contributed by atoms with Gasteiger partial charge in [-0.25, -0.2) is 0 Å². The van der Waals surface area contributed by atoms with E-state index in [4.69, 9.17) is 9.47 Å². The van der Waals surface area contributed by atoms with E-state index < -0.39 is 6.04 Å². The minimum Gasteiger partial charge on any atom is -0.497 e. The van der Waals surface area contributed by atoms with Crippen molar-refractivity contribution in [2.24, 2.45) is 0 Å². The molecule has 0 saturated heterocycles. The number of hydrogen-bond donors (Lipinski definition) is 1. The van der Waals surface area contributed by atoms with Crippen LogP contribution in [0.25, 0.3) is 0 Å². The number of benzene rings is 2. The summed E-state index contributed by atoms with van der Waals surface area (Å²) >= 11 is 0. The molecule has 2 aromatic carbocycles. The lowest BCUT2D eigenvalue weighted by molar-refractivity contribution is -0.142. The molecule has 0 fully saturated rings. The van der Waals surface area contributed by atoms with E-state index in [1.165, 1.54) is 0 Å². The highest BCUT2D eigenvalue weighted by molar-refractivity contribution is 5.88. The Balaban J connectivity index is 2.02. The predicted octanol–water partition coefficient (Wildman–Crippen LogP) is 4.58. The Kier molecular flexibility index (Phi) is 9.57. The molecule has 2 aromatic rings. The maximum Gasteiger partial charge on any atom is 0.243 e. The summed E-state index contributed by atoms with van der Waals surface area (Å²) in [7, 11) is 1.62. The lowest BCUT2D eigenvalue weighted by Gasteiger charge is -2.33. The molecular formula is C26H36N2O4. The van der Waals surface area contributed by atoms with E-state index in [1.807, 2.05) is 82.3 Å². The molecule has 0 aliphatic heterocycles. The Morgan fingerprint density at radius 1 is 1.00 bits per heavy atom. The van der Waals surface area contributed by atoms with E-state index in [2.05, 4.69) is 5.32 Å². The smallest absolute Gasteiger partial charge is 0.243 e. The highest BCUT2D eigenvalue weighted by Crippen LogP contribution is 2.18. The van der Waals surface area contributed by atoms with Gasteiger partial charge < -0.3 is 19.7 Å². The van der Waals surface area contributed by atoms with Crippen molar-refractivity contribution in [2.75, 3.05) is 13.7 Å². The van der Waals surface area contributed by atoms with Gasteiger partial charge >= 0.3 is 0 Å². The maximum absolute atomic E-state index is 13.2. The molecule has 2 amide bonds. The number of carbonyl (C=O) groups excluding carboxylic acids is 2. The zero-order valence-electron chi connectivity index (χ0n) is 19.9. The zero-order chi connectivity index (χ0) is 23.6. The fourth-order valence-corrected chi connectivity index (χ4v) is 3.38. The molecule has 2 rings (SSSR count). The fraction of sp³-hybridized carbons (Fsp3) is 0.462. The second-order valence-corrected chi connectivity index (χ2v) is 8.80. The molecule has 1 N–H and O–H groups in total. The predicted molar refractivity (Wildman–Crippen MR) is 127 cm³/mol. The van der Waals surface area contributed by atoms with Crippen LogP contribution in [-0.4, -0.2) is 42.0 Å². The fourth-order valence-electron chi connectivity index (χ4n) is 3.38. The Labute approximate surface area is 191 Å². The van der Waals surface area contributed by atoms with Gasteiger partial charge in [-0.05, 0) is 63.4 Å². The number of ether oxygens (including phenoxy) is 2. The van der Waals surface area contributed by atoms with Crippen molar-refractivity contribution in [3.05, 3.63) is 60.2 Å². The van der Waals surface area contributed by atoms with E-state index in [1.54, 1.807) is 12.0 Å². The number of hydrogen-bond acceptors (Lipinski definition) is 4. The average molecular weight is 441 g/mol. The first-order chi connectivity index (χ1) is 15.2. The third-order valence-corrected chi connectivity index (χ3v) is 4.94. The van der Waals surface area contributed by atoms with Crippen LogP contribution in [0.5, 0.6) is 11.5 Å². The summed E-state index contributed by atoms with van der Waals surface area (Å²) in [6.07, 6.45) is 1.42. The number of carbonyl (C=O) groups is 2. The quantitative estimate of drug-likeness (QED) is 0.520. The van der Waals surface area contributed by atoms with Gasteiger partial charge in [-0.2, -0.15) is 0 Å². The van der Waals surface area contributed by atoms with Crippen LogP contribution in [0.15, 0.2) is 54.6 Å². The summed E-state index contributed by atoms with van der Waals surface area (Å²) in [5.41, 5.74) is 0.635. The van der Waals surface area contributed by atoms with E-state index >= 15 is 0 Å². The molecule has 0 aliphatic carbocycles. The van der Waals surface area contributed by atoms with E-state index in [-0.39, 0.29) is 17.4 Å². The van der Waals surface area contributed by atoms with Crippen molar-refractivity contribution >= 4 is 11.8 Å². The van der Waals surface area contributed by atoms with Crippen molar-refractivity contribution in [1.82, 2.24) is 10.2 Å². The first kappa shape index (κ1) is 25.2. The monoisotopic (exact) mass is 440 g/mol. The van der Waals surface area contributed by atoms with Gasteiger partial charge in [0.15, 0.2) is 0 Å². The summed E-state index contributed by atoms with van der Waals surface area (Å²) < 4.78 is 10.9. The molecule has 1 atom stereocenters. The Bertz CT molecular complexity index is 844. The minimum absolute atomic E-state index is 0.0527. The molecule has 0 bridgehead atoms. The lowest BCUT2D eigenvalue weighted by atomic mass is 10.0. The molecule has 174 valence electrons. The molecule has 0 aromatic heterocycles. The lowest BCUT2D eigenvalue weighted by Crippen LogP contribution is -2.53. The van der Waals surface area contributed by atoms with Crippen molar-refractivity contribution < 1.29 is 19.1 Å². The summed E-state index contributed by atoms with van der Waals surface area (Å²) in [4.78, 5) is 27.8. The summed E-state index contributed by atoms with van der Waals surface area (Å²) in [6, 6.07) is 16.6. The first-order valence-corrected chi connectivity index (χ1v) is 11.2. The normalized spacial score (nSPS) is 12.0. The molecular weight excluding hydrogens is 404 g/mol. The van der Waals surface area contributed by atoms with Crippen molar-refractivity contribution in [3.63, 3.8) is 0 Å². The van der Waals surface area contributed by atoms with Gasteiger partial charge in [0.1, 0.15) is 17.5 Å². The second-order valence-electron chi connectivity index (χ2n) is 8.80. The standard InChI is InChI=1S/C26H36N2O4/c1-6-23(25(30)27-26(2,3)4)28(19-20-11-8-7-9-12-20)24(29)13-10-18-32-22-16-14-21(31-5)15-17-22/h7-9,11-12,14-17,23H,6,10,13,18-19H2,1-5H3,(H,27,30). The molecule has 0 saturated carbocycles. The van der Waals surface area contributed by atoms with Crippen molar-refractivity contribution in [2.45, 2.75) is 65.1 Å². The number of amides is 2. The Morgan fingerprint density at radius 3 is 2.19 bits per heavy atom. The topological polar surface area (TPSA) is 67.9 Å². The van der Waals surface area contributed by atoms with Crippen LogP contribution >= 0.6 is 0 Å². The molecule has 1 unspecified atom stereocenters. The second kappa shape index (κ2) is 12.1. The summed E-state index contributed by atoms with van der Waals surface area (Å²) in [5.74, 6) is 1.32. The van der Waals surface area contributed by atoms with Crippen LogP contribution in [0.4, 0.5) is 0 Å². The number of rotatable bonds is 11. The molecule has 6 heteroatoms. The van der Waals surface area contributed by atoms with Crippen LogP contribution in [-0.2, 0) is 16.1 Å². The highest BCUT2D eigenvalue weighted by atomic mass is 16.5. The van der Waals surface area contributed by atoms with Gasteiger partial charge in [0.2, 0.25) is 11.8 Å². The van der Waals surface area contributed by atoms with Crippen molar-refractivity contribution in [1.29, 1.82) is 0 Å². The van der Waals surface area contributed by atoms with Gasteiger partial charge in [-0.1, -0.05) is 37.3 Å². The Hall–Kier alpha value is -3.02. The number of nitrogens with one attached hydrogen (secondary N) is 1. The first-order valence-electron chi connectivity index (χ1n) is 11.2. The van der Waals surface area contributed by atoms with E-state index in [0.717, 1.165) is 17.1 Å². The van der Waals surface area contributed by atoms with Gasteiger partial charge in [-0.15, -0.1) is 0 Å². The zero-order valence-corrected chi connectivity index (χ0v) is 19.9. The van der Waals surface area contributed by atoms with Crippen LogP contribution in [0, 0.1) is 0 Å².